The molecule has 0 unspecified atom stereocenters. The molecule has 1 amide bonds. The van der Waals surface area contributed by atoms with Gasteiger partial charge in [-0.05, 0) is 25.3 Å². The minimum absolute atomic E-state index is 0.115. The van der Waals surface area contributed by atoms with Crippen molar-refractivity contribution in [2.45, 2.75) is 19.9 Å². The Balaban J connectivity index is 1.58. The van der Waals surface area contributed by atoms with Gasteiger partial charge >= 0.3 is 5.97 Å². The number of esters is 1. The van der Waals surface area contributed by atoms with Gasteiger partial charge in [-0.15, -0.1) is 22.7 Å². The minimum atomic E-state index is -0.527. The summed E-state index contributed by atoms with van der Waals surface area (Å²) in [5.41, 5.74) is 1.55. The van der Waals surface area contributed by atoms with Gasteiger partial charge in [0.25, 0.3) is 5.91 Å². The van der Waals surface area contributed by atoms with Crippen LogP contribution in [0, 0.1) is 6.92 Å². The van der Waals surface area contributed by atoms with Crippen molar-refractivity contribution in [3.05, 3.63) is 63.3 Å². The second kappa shape index (κ2) is 8.25. The number of carbonyl (C=O) groups excluding carboxylic acids is 2. The summed E-state index contributed by atoms with van der Waals surface area (Å²) in [6.45, 7) is 3.34. The van der Waals surface area contributed by atoms with Gasteiger partial charge in [-0.25, -0.2) is 9.78 Å². The summed E-state index contributed by atoms with van der Waals surface area (Å²) in [7, 11) is 0. The van der Waals surface area contributed by atoms with E-state index in [9.17, 15) is 9.59 Å². The van der Waals surface area contributed by atoms with E-state index in [2.05, 4.69) is 10.3 Å². The first-order valence-corrected chi connectivity index (χ1v) is 9.77. The van der Waals surface area contributed by atoms with Gasteiger partial charge in [0.1, 0.15) is 9.88 Å². The zero-order valence-electron chi connectivity index (χ0n) is 14.4. The lowest BCUT2D eigenvalue weighted by Crippen LogP contribution is -2.30. The molecule has 2 aromatic heterocycles. The third kappa shape index (κ3) is 4.36. The number of ether oxygens (including phenoxy) is 1. The average molecular weight is 386 g/mol. The Kier molecular flexibility index (Phi) is 5.80. The lowest BCUT2D eigenvalue weighted by Gasteiger charge is -2.12. The van der Waals surface area contributed by atoms with Crippen LogP contribution in [0.2, 0.25) is 0 Å². The highest BCUT2D eigenvalue weighted by atomic mass is 32.1. The van der Waals surface area contributed by atoms with Crippen molar-refractivity contribution in [1.82, 2.24) is 10.3 Å². The monoisotopic (exact) mass is 386 g/mol. The number of amides is 1. The fourth-order valence-corrected chi connectivity index (χ4v) is 4.08. The number of nitrogens with one attached hydrogen (secondary N) is 1. The highest BCUT2D eigenvalue weighted by molar-refractivity contribution is 7.17. The maximum Gasteiger partial charge on any atom is 0.350 e. The van der Waals surface area contributed by atoms with E-state index in [4.69, 9.17) is 4.74 Å². The van der Waals surface area contributed by atoms with Gasteiger partial charge < -0.3 is 10.1 Å². The number of nitrogens with zero attached hydrogens (tertiary/aromatic N) is 1. The number of aromatic nitrogens is 1. The van der Waals surface area contributed by atoms with Crippen molar-refractivity contribution in [2.75, 3.05) is 6.61 Å². The van der Waals surface area contributed by atoms with Crippen molar-refractivity contribution >= 4 is 34.6 Å². The van der Waals surface area contributed by atoms with Crippen LogP contribution in [0.4, 0.5) is 0 Å². The third-order valence-electron chi connectivity index (χ3n) is 3.68. The Morgan fingerprint density at radius 1 is 1.19 bits per heavy atom. The molecule has 3 aromatic rings. The van der Waals surface area contributed by atoms with Gasteiger partial charge in [0, 0.05) is 10.4 Å². The molecule has 5 nitrogen and oxygen atoms in total. The Morgan fingerprint density at radius 3 is 2.65 bits per heavy atom. The maximum atomic E-state index is 12.3. The Hall–Kier alpha value is -2.51. The van der Waals surface area contributed by atoms with Crippen molar-refractivity contribution < 1.29 is 14.3 Å². The molecule has 3 rings (SSSR count). The van der Waals surface area contributed by atoms with Crippen LogP contribution in [0.1, 0.15) is 33.2 Å². The molecule has 2 heterocycles. The first kappa shape index (κ1) is 18.3. The van der Waals surface area contributed by atoms with Gasteiger partial charge in [0.2, 0.25) is 0 Å². The molecule has 0 spiro atoms. The van der Waals surface area contributed by atoms with E-state index in [0.717, 1.165) is 15.4 Å². The smallest absolute Gasteiger partial charge is 0.350 e. The van der Waals surface area contributed by atoms with Gasteiger partial charge in [-0.1, -0.05) is 36.4 Å². The lowest BCUT2D eigenvalue weighted by molar-refractivity contribution is -0.124. The van der Waals surface area contributed by atoms with Crippen LogP contribution in [0.15, 0.2) is 47.8 Å². The first-order chi connectivity index (χ1) is 12.5. The largest absolute Gasteiger partial charge is 0.451 e. The number of hydrogen-bond acceptors (Lipinski definition) is 6. The van der Waals surface area contributed by atoms with E-state index in [1.807, 2.05) is 54.8 Å². The zero-order valence-corrected chi connectivity index (χ0v) is 16.0. The summed E-state index contributed by atoms with van der Waals surface area (Å²) in [6, 6.07) is 13.4. The van der Waals surface area contributed by atoms with E-state index in [0.29, 0.717) is 10.6 Å². The van der Waals surface area contributed by atoms with Gasteiger partial charge in [-0.3, -0.25) is 4.79 Å². The Labute approximate surface area is 159 Å². The number of thiophene rings is 1. The average Bonchev–Trinajstić information content (AvgIpc) is 3.30. The topological polar surface area (TPSA) is 68.3 Å². The van der Waals surface area contributed by atoms with Crippen molar-refractivity contribution in [3.8, 4) is 10.6 Å². The summed E-state index contributed by atoms with van der Waals surface area (Å²) < 4.78 is 5.16. The highest BCUT2D eigenvalue weighted by Gasteiger charge is 2.19. The molecule has 0 saturated heterocycles. The van der Waals surface area contributed by atoms with Crippen LogP contribution in [-0.2, 0) is 9.53 Å². The molecule has 0 aliphatic heterocycles. The van der Waals surface area contributed by atoms with E-state index in [-0.39, 0.29) is 18.6 Å². The van der Waals surface area contributed by atoms with Crippen molar-refractivity contribution in [1.29, 1.82) is 0 Å². The minimum Gasteiger partial charge on any atom is -0.451 e. The SMILES string of the molecule is Cc1nc(-c2ccccc2)sc1C(=O)OCC(=O)N[C@H](C)c1cccs1. The van der Waals surface area contributed by atoms with E-state index in [1.54, 1.807) is 18.3 Å². The molecule has 1 aromatic carbocycles. The lowest BCUT2D eigenvalue weighted by atomic mass is 10.2. The van der Waals surface area contributed by atoms with Gasteiger partial charge in [0.05, 0.1) is 11.7 Å². The molecule has 134 valence electrons. The van der Waals surface area contributed by atoms with Crippen LogP contribution < -0.4 is 5.32 Å². The Morgan fingerprint density at radius 2 is 1.96 bits per heavy atom. The molecule has 0 fully saturated rings. The summed E-state index contributed by atoms with van der Waals surface area (Å²) >= 11 is 2.84. The number of rotatable bonds is 6. The molecule has 0 saturated carbocycles. The molecule has 0 radical (unpaired) electrons. The predicted octanol–water partition coefficient (Wildman–Crippen LogP) is 4.21. The maximum absolute atomic E-state index is 12.3. The number of hydrogen-bond donors (Lipinski definition) is 1. The zero-order chi connectivity index (χ0) is 18.5. The quantitative estimate of drug-likeness (QED) is 0.644. The highest BCUT2D eigenvalue weighted by Crippen LogP contribution is 2.28. The first-order valence-electron chi connectivity index (χ1n) is 8.07. The fourth-order valence-electron chi connectivity index (χ4n) is 2.38. The van der Waals surface area contributed by atoms with E-state index in [1.165, 1.54) is 11.3 Å². The summed E-state index contributed by atoms with van der Waals surface area (Å²) in [5.74, 6) is -0.856. The molecule has 0 bridgehead atoms. The number of benzene rings is 1. The van der Waals surface area contributed by atoms with Crippen LogP contribution in [0.5, 0.6) is 0 Å². The van der Waals surface area contributed by atoms with Crippen molar-refractivity contribution in [2.24, 2.45) is 0 Å². The van der Waals surface area contributed by atoms with E-state index < -0.39 is 5.97 Å². The number of thiazole rings is 1. The van der Waals surface area contributed by atoms with Crippen LogP contribution in [-0.4, -0.2) is 23.5 Å². The Bertz CT molecular complexity index is 889. The molecular formula is C19H18N2O3S2. The second-order valence-electron chi connectivity index (χ2n) is 5.68. The predicted molar refractivity (Wildman–Crippen MR) is 103 cm³/mol. The summed E-state index contributed by atoms with van der Waals surface area (Å²) in [6.07, 6.45) is 0. The van der Waals surface area contributed by atoms with Crippen LogP contribution in [0.3, 0.4) is 0 Å². The van der Waals surface area contributed by atoms with E-state index >= 15 is 0 Å². The molecule has 1 N–H and O–H groups in total. The molecular weight excluding hydrogens is 368 g/mol. The third-order valence-corrected chi connectivity index (χ3v) is 5.93. The van der Waals surface area contributed by atoms with Gasteiger partial charge in [-0.2, -0.15) is 0 Å². The van der Waals surface area contributed by atoms with Crippen molar-refractivity contribution in [3.63, 3.8) is 0 Å². The standard InChI is InChI=1S/C19H18N2O3S2/c1-12(15-9-6-10-25-15)20-16(22)11-24-19(23)17-13(2)21-18(26-17)14-7-4-3-5-8-14/h3-10,12H,11H2,1-2H3,(H,20,22)/t12-/m1/s1. The molecule has 0 aliphatic carbocycles. The van der Waals surface area contributed by atoms with Crippen LogP contribution in [0.25, 0.3) is 10.6 Å². The van der Waals surface area contributed by atoms with Crippen LogP contribution >= 0.6 is 22.7 Å². The second-order valence-corrected chi connectivity index (χ2v) is 7.66. The number of carbonyl (C=O) groups is 2. The number of aryl methyl sites for hydroxylation is 1. The fraction of sp³-hybridized carbons (Fsp3) is 0.211. The molecule has 26 heavy (non-hydrogen) atoms. The normalized spacial score (nSPS) is 11.8. The molecule has 7 heteroatoms. The van der Waals surface area contributed by atoms with Gasteiger partial charge in [0.15, 0.2) is 6.61 Å². The molecule has 0 aliphatic rings. The summed E-state index contributed by atoms with van der Waals surface area (Å²) in [4.78, 5) is 30.2. The molecule has 1 atom stereocenters. The summed E-state index contributed by atoms with van der Waals surface area (Å²) in [5, 5.41) is 5.53.